The fourth-order valence-corrected chi connectivity index (χ4v) is 4.41. The van der Waals surface area contributed by atoms with Gasteiger partial charge in [0.1, 0.15) is 11.3 Å². The Morgan fingerprint density at radius 2 is 1.61 bits per heavy atom. The van der Waals surface area contributed by atoms with Gasteiger partial charge in [0.15, 0.2) is 11.5 Å². The summed E-state index contributed by atoms with van der Waals surface area (Å²) in [4.78, 5) is 26.5. The molecule has 0 unspecified atom stereocenters. The molecule has 7 nitrogen and oxygen atoms in total. The van der Waals surface area contributed by atoms with Gasteiger partial charge >= 0.3 is 0 Å². The zero-order valence-corrected chi connectivity index (χ0v) is 19.3. The molecular weight excluding hydrogens is 448 g/mol. The average molecular weight is 471 g/mol. The summed E-state index contributed by atoms with van der Waals surface area (Å²) in [7, 11) is 0. The lowest BCUT2D eigenvalue weighted by atomic mass is 10.0. The van der Waals surface area contributed by atoms with Crippen molar-refractivity contribution >= 4 is 33.7 Å². The van der Waals surface area contributed by atoms with Crippen LogP contribution in [0.5, 0.6) is 0 Å². The van der Waals surface area contributed by atoms with Crippen molar-refractivity contribution in [2.75, 3.05) is 5.73 Å². The monoisotopic (exact) mass is 470 g/mol. The molecule has 0 saturated heterocycles. The fraction of sp³-hybridized carbons (Fsp3) is 0.0345. The van der Waals surface area contributed by atoms with Crippen molar-refractivity contribution in [3.8, 4) is 17.1 Å². The molecule has 0 radical (unpaired) electrons. The molecule has 1 amide bonds. The van der Waals surface area contributed by atoms with Crippen LogP contribution >= 0.6 is 0 Å². The van der Waals surface area contributed by atoms with Crippen molar-refractivity contribution in [2.24, 2.45) is 0 Å². The summed E-state index contributed by atoms with van der Waals surface area (Å²) >= 11 is 0. The van der Waals surface area contributed by atoms with Gasteiger partial charge < -0.3 is 11.1 Å². The minimum absolute atomic E-state index is 0.102. The Kier molecular flexibility index (Phi) is 5.35. The van der Waals surface area contributed by atoms with Crippen LogP contribution < -0.4 is 11.1 Å². The van der Waals surface area contributed by atoms with E-state index in [0.717, 1.165) is 38.8 Å². The number of aromatic nitrogens is 4. The quantitative estimate of drug-likeness (QED) is 0.363. The molecule has 0 aliphatic rings. The highest BCUT2D eigenvalue weighted by Crippen LogP contribution is 2.30. The number of anilines is 1. The lowest BCUT2D eigenvalue weighted by Crippen LogP contribution is -2.23. The Hall–Kier alpha value is -5.04. The topological polar surface area (TPSA) is 98.7 Å². The summed E-state index contributed by atoms with van der Waals surface area (Å²) in [6, 6.07) is 29.1. The zero-order chi connectivity index (χ0) is 24.5. The maximum atomic E-state index is 12.9. The van der Waals surface area contributed by atoms with Crippen LogP contribution in [0.2, 0.25) is 0 Å². The number of pyridine rings is 2. The van der Waals surface area contributed by atoms with Gasteiger partial charge in [-0.1, -0.05) is 48.5 Å². The van der Waals surface area contributed by atoms with E-state index in [1.807, 2.05) is 95.6 Å². The molecule has 3 aromatic carbocycles. The van der Waals surface area contributed by atoms with E-state index in [9.17, 15) is 4.79 Å². The number of carbonyl (C=O) groups is 1. The number of nitrogens with zero attached hydrogens (tertiary/aromatic N) is 4. The van der Waals surface area contributed by atoms with Crippen LogP contribution in [-0.4, -0.2) is 25.4 Å². The molecule has 36 heavy (non-hydrogen) atoms. The average Bonchev–Trinajstić information content (AvgIpc) is 3.31. The molecule has 3 N–H and O–H groups in total. The van der Waals surface area contributed by atoms with Gasteiger partial charge in [-0.15, -0.1) is 0 Å². The summed E-state index contributed by atoms with van der Waals surface area (Å²) in [5.41, 5.74) is 10.9. The first-order valence-electron chi connectivity index (χ1n) is 11.6. The third kappa shape index (κ3) is 3.82. The Balaban J connectivity index is 1.29. The summed E-state index contributed by atoms with van der Waals surface area (Å²) in [5.74, 6) is 0.975. The van der Waals surface area contributed by atoms with Crippen LogP contribution in [0.3, 0.4) is 0 Å². The molecule has 6 aromatic rings. The van der Waals surface area contributed by atoms with Gasteiger partial charge in [0.25, 0.3) is 5.91 Å². The summed E-state index contributed by atoms with van der Waals surface area (Å²) in [6.07, 6.45) is 3.40. The molecule has 6 rings (SSSR count). The standard InChI is InChI=1S/C29H22N6O/c30-26-24(10-4-16-31-26)27-34-25-11-5-17-32-28(25)35(27)21-14-12-19(13-15-21)18-33-29(36)23-9-3-7-20-6-1-2-8-22(20)23/h1-17H,18H2,(H2,30,31)(H,33,36). The number of benzene rings is 3. The fourth-order valence-electron chi connectivity index (χ4n) is 4.41. The predicted molar refractivity (Wildman–Crippen MR) is 142 cm³/mol. The van der Waals surface area contributed by atoms with Crippen LogP contribution in [0.4, 0.5) is 5.82 Å². The zero-order valence-electron chi connectivity index (χ0n) is 19.3. The summed E-state index contributed by atoms with van der Waals surface area (Å²) in [5, 5.41) is 5.02. The van der Waals surface area contributed by atoms with E-state index in [1.54, 1.807) is 12.4 Å². The molecule has 3 heterocycles. The highest BCUT2D eigenvalue weighted by Gasteiger charge is 2.17. The minimum Gasteiger partial charge on any atom is -0.383 e. The molecule has 7 heteroatoms. The molecule has 0 bridgehead atoms. The number of nitrogen functional groups attached to an aromatic ring is 1. The van der Waals surface area contributed by atoms with Crippen LogP contribution in [0.15, 0.2) is 103 Å². The van der Waals surface area contributed by atoms with Gasteiger partial charge in [-0.05, 0) is 58.8 Å². The van der Waals surface area contributed by atoms with Crippen molar-refractivity contribution in [1.29, 1.82) is 0 Å². The predicted octanol–water partition coefficient (Wildman–Crippen LogP) is 5.15. The Labute approximate surface area is 207 Å². The summed E-state index contributed by atoms with van der Waals surface area (Å²) < 4.78 is 1.97. The third-order valence-electron chi connectivity index (χ3n) is 6.18. The molecule has 0 aliphatic carbocycles. The Morgan fingerprint density at radius 1 is 0.833 bits per heavy atom. The number of hydrogen-bond donors (Lipinski definition) is 2. The van der Waals surface area contributed by atoms with E-state index >= 15 is 0 Å². The molecule has 0 atom stereocenters. The van der Waals surface area contributed by atoms with E-state index in [-0.39, 0.29) is 5.91 Å². The Morgan fingerprint density at radius 3 is 2.47 bits per heavy atom. The second-order valence-corrected chi connectivity index (χ2v) is 8.43. The Bertz CT molecular complexity index is 1720. The number of nitrogens with two attached hydrogens (primary N) is 1. The largest absolute Gasteiger partial charge is 0.383 e. The van der Waals surface area contributed by atoms with E-state index in [4.69, 9.17) is 10.7 Å². The number of amides is 1. The van der Waals surface area contributed by atoms with Crippen LogP contribution in [0, 0.1) is 0 Å². The molecular formula is C29H22N6O. The minimum atomic E-state index is -0.102. The lowest BCUT2D eigenvalue weighted by molar-refractivity contribution is 0.0952. The van der Waals surface area contributed by atoms with E-state index < -0.39 is 0 Å². The van der Waals surface area contributed by atoms with Crippen LogP contribution in [0.25, 0.3) is 39.0 Å². The molecule has 0 spiro atoms. The molecule has 0 fully saturated rings. The number of nitrogens with one attached hydrogen (secondary N) is 1. The second-order valence-electron chi connectivity index (χ2n) is 8.43. The normalized spacial score (nSPS) is 11.1. The highest BCUT2D eigenvalue weighted by molar-refractivity contribution is 6.07. The highest BCUT2D eigenvalue weighted by atomic mass is 16.1. The molecule has 174 valence electrons. The molecule has 0 aliphatic heterocycles. The van der Waals surface area contributed by atoms with Gasteiger partial charge in [-0.3, -0.25) is 9.36 Å². The molecule has 0 saturated carbocycles. The number of hydrogen-bond acceptors (Lipinski definition) is 5. The SMILES string of the molecule is Nc1ncccc1-c1nc2cccnc2n1-c1ccc(CNC(=O)c2cccc3ccccc23)cc1. The maximum Gasteiger partial charge on any atom is 0.252 e. The van der Waals surface area contributed by atoms with Crippen LogP contribution in [0.1, 0.15) is 15.9 Å². The van der Waals surface area contributed by atoms with Crippen molar-refractivity contribution in [1.82, 2.24) is 24.8 Å². The first-order chi connectivity index (χ1) is 17.7. The van der Waals surface area contributed by atoms with E-state index in [2.05, 4.69) is 15.3 Å². The van der Waals surface area contributed by atoms with Crippen molar-refractivity contribution in [3.63, 3.8) is 0 Å². The first kappa shape index (κ1) is 21.5. The first-order valence-corrected chi connectivity index (χ1v) is 11.6. The number of imidazole rings is 1. The van der Waals surface area contributed by atoms with Gasteiger partial charge in [0.05, 0.1) is 5.56 Å². The summed E-state index contributed by atoms with van der Waals surface area (Å²) in [6.45, 7) is 0.410. The number of fused-ring (bicyclic) bond motifs is 2. The second kappa shape index (κ2) is 8.96. The number of carbonyl (C=O) groups excluding carboxylic acids is 1. The van der Waals surface area contributed by atoms with E-state index in [1.165, 1.54) is 0 Å². The van der Waals surface area contributed by atoms with Gasteiger partial charge in [-0.2, -0.15) is 0 Å². The molecule has 3 aromatic heterocycles. The maximum absolute atomic E-state index is 12.9. The lowest BCUT2D eigenvalue weighted by Gasteiger charge is -2.12. The smallest absolute Gasteiger partial charge is 0.252 e. The van der Waals surface area contributed by atoms with Gasteiger partial charge in [0, 0.05) is 30.2 Å². The van der Waals surface area contributed by atoms with Gasteiger partial charge in [0.2, 0.25) is 0 Å². The van der Waals surface area contributed by atoms with Crippen LogP contribution in [-0.2, 0) is 6.54 Å². The van der Waals surface area contributed by atoms with Gasteiger partial charge in [-0.25, -0.2) is 15.0 Å². The number of rotatable bonds is 5. The van der Waals surface area contributed by atoms with Crippen molar-refractivity contribution in [2.45, 2.75) is 6.54 Å². The van der Waals surface area contributed by atoms with Crippen molar-refractivity contribution < 1.29 is 4.79 Å². The van der Waals surface area contributed by atoms with E-state index in [0.29, 0.717) is 23.8 Å². The van der Waals surface area contributed by atoms with Crippen molar-refractivity contribution in [3.05, 3.63) is 115 Å². The third-order valence-corrected chi connectivity index (χ3v) is 6.18.